The third-order valence-electron chi connectivity index (χ3n) is 4.47. The predicted molar refractivity (Wildman–Crippen MR) is 98.6 cm³/mol. The number of hydrogen-bond donors (Lipinski definition) is 2. The Kier molecular flexibility index (Phi) is 5.57. The molecular weight excluding hydrogens is 340 g/mol. The number of carbonyl (C=O) groups excluding carboxylic acids is 1. The average molecular weight is 364 g/mol. The average Bonchev–Trinajstić information content (AvgIpc) is 2.60. The van der Waals surface area contributed by atoms with E-state index in [4.69, 9.17) is 10.5 Å². The summed E-state index contributed by atoms with van der Waals surface area (Å²) in [5.41, 5.74) is 7.23. The van der Waals surface area contributed by atoms with E-state index in [1.54, 1.807) is 6.07 Å². The van der Waals surface area contributed by atoms with Crippen molar-refractivity contribution < 1.29 is 13.7 Å². The number of amides is 1. The molecule has 1 aromatic carbocycles. The number of carbonyl (C=O) groups is 1. The number of piperidine rings is 1. The van der Waals surface area contributed by atoms with Crippen molar-refractivity contribution in [3.05, 3.63) is 23.8 Å². The van der Waals surface area contributed by atoms with Crippen molar-refractivity contribution in [2.24, 2.45) is 16.0 Å². The Labute approximate surface area is 150 Å². The lowest BCUT2D eigenvalue weighted by atomic mass is 9.98. The Morgan fingerprint density at radius 3 is 3.16 bits per heavy atom. The van der Waals surface area contributed by atoms with E-state index in [9.17, 15) is 9.00 Å². The SMILES string of the molecule is CCCC(=O)N1CCCC(COc2cccc3c2C(N)=N[S@](=O)N3)C1. The summed E-state index contributed by atoms with van der Waals surface area (Å²) in [4.78, 5) is 14.0. The zero-order valence-corrected chi connectivity index (χ0v) is 15.2. The summed E-state index contributed by atoms with van der Waals surface area (Å²) in [6.45, 7) is 4.11. The van der Waals surface area contributed by atoms with Crippen molar-refractivity contribution in [3.8, 4) is 5.75 Å². The maximum absolute atomic E-state index is 12.1. The first-order valence-electron chi connectivity index (χ1n) is 8.65. The fourth-order valence-corrected chi connectivity index (χ4v) is 3.93. The Hall–Kier alpha value is -2.09. The molecule has 1 fully saturated rings. The largest absolute Gasteiger partial charge is 0.492 e. The molecule has 3 N–H and O–H groups in total. The number of nitrogens with one attached hydrogen (secondary N) is 1. The minimum atomic E-state index is -1.55. The van der Waals surface area contributed by atoms with Crippen LogP contribution in [0.25, 0.3) is 0 Å². The molecule has 8 heteroatoms. The molecule has 1 saturated heterocycles. The third-order valence-corrected chi connectivity index (χ3v) is 5.23. The number of nitrogens with two attached hydrogens (primary N) is 1. The first kappa shape index (κ1) is 17.7. The lowest BCUT2D eigenvalue weighted by Gasteiger charge is -2.33. The van der Waals surface area contributed by atoms with Crippen molar-refractivity contribution in [1.82, 2.24) is 4.90 Å². The second kappa shape index (κ2) is 7.86. The maximum Gasteiger partial charge on any atom is 0.245 e. The summed E-state index contributed by atoms with van der Waals surface area (Å²) in [5.74, 6) is 1.37. The Morgan fingerprint density at radius 2 is 2.36 bits per heavy atom. The monoisotopic (exact) mass is 364 g/mol. The summed E-state index contributed by atoms with van der Waals surface area (Å²) < 4.78 is 24.2. The van der Waals surface area contributed by atoms with Gasteiger partial charge in [-0.05, 0) is 31.4 Å². The van der Waals surface area contributed by atoms with Crippen LogP contribution in [0.1, 0.15) is 38.2 Å². The molecule has 2 atom stereocenters. The van der Waals surface area contributed by atoms with Gasteiger partial charge in [0, 0.05) is 25.4 Å². The zero-order valence-electron chi connectivity index (χ0n) is 14.4. The first-order chi connectivity index (χ1) is 12.1. The Balaban J connectivity index is 1.65. The lowest BCUT2D eigenvalue weighted by molar-refractivity contribution is -0.133. The van der Waals surface area contributed by atoms with Gasteiger partial charge in [-0.1, -0.05) is 13.0 Å². The molecule has 2 heterocycles. The molecule has 1 amide bonds. The molecule has 0 bridgehead atoms. The van der Waals surface area contributed by atoms with Crippen molar-refractivity contribution in [2.75, 3.05) is 24.4 Å². The van der Waals surface area contributed by atoms with Crippen LogP contribution in [0.5, 0.6) is 5.75 Å². The van der Waals surface area contributed by atoms with E-state index >= 15 is 0 Å². The highest BCUT2D eigenvalue weighted by molar-refractivity contribution is 7.85. The van der Waals surface area contributed by atoms with Gasteiger partial charge in [-0.2, -0.15) is 4.40 Å². The molecule has 25 heavy (non-hydrogen) atoms. The molecule has 1 unspecified atom stereocenters. The highest BCUT2D eigenvalue weighted by Crippen LogP contribution is 2.30. The van der Waals surface area contributed by atoms with E-state index in [0.717, 1.165) is 32.4 Å². The van der Waals surface area contributed by atoms with Crippen LogP contribution in [0.15, 0.2) is 22.6 Å². The minimum Gasteiger partial charge on any atom is -0.492 e. The number of fused-ring (bicyclic) bond motifs is 1. The first-order valence-corrected chi connectivity index (χ1v) is 9.75. The number of likely N-dealkylation sites (tertiary alicyclic amines) is 1. The van der Waals surface area contributed by atoms with Crippen molar-refractivity contribution in [3.63, 3.8) is 0 Å². The smallest absolute Gasteiger partial charge is 0.245 e. The molecule has 136 valence electrons. The third kappa shape index (κ3) is 4.12. The Morgan fingerprint density at radius 1 is 1.52 bits per heavy atom. The van der Waals surface area contributed by atoms with Crippen LogP contribution < -0.4 is 15.2 Å². The highest BCUT2D eigenvalue weighted by Gasteiger charge is 2.25. The molecule has 0 aliphatic carbocycles. The summed E-state index contributed by atoms with van der Waals surface area (Å²) >= 11 is -1.55. The minimum absolute atomic E-state index is 0.214. The van der Waals surface area contributed by atoms with E-state index in [-0.39, 0.29) is 11.7 Å². The van der Waals surface area contributed by atoms with E-state index in [1.165, 1.54) is 0 Å². The molecule has 1 aromatic rings. The number of rotatable bonds is 5. The van der Waals surface area contributed by atoms with Crippen LogP contribution in [0.3, 0.4) is 0 Å². The van der Waals surface area contributed by atoms with Crippen molar-refractivity contribution in [1.29, 1.82) is 0 Å². The zero-order chi connectivity index (χ0) is 17.8. The Bertz CT molecular complexity index is 707. The van der Waals surface area contributed by atoms with E-state index in [0.29, 0.717) is 35.9 Å². The van der Waals surface area contributed by atoms with Gasteiger partial charge in [-0.15, -0.1) is 0 Å². The molecule has 0 aromatic heterocycles. The van der Waals surface area contributed by atoms with Gasteiger partial charge in [-0.25, -0.2) is 4.21 Å². The quantitative estimate of drug-likeness (QED) is 0.833. The van der Waals surface area contributed by atoms with Gasteiger partial charge in [0.05, 0.1) is 17.9 Å². The van der Waals surface area contributed by atoms with Crippen LogP contribution in [0.4, 0.5) is 5.69 Å². The number of nitrogens with zero attached hydrogens (tertiary/aromatic N) is 2. The van der Waals surface area contributed by atoms with Crippen LogP contribution >= 0.6 is 0 Å². The molecule has 7 nitrogen and oxygen atoms in total. The fourth-order valence-electron chi connectivity index (χ4n) is 3.26. The summed E-state index contributed by atoms with van der Waals surface area (Å²) in [6, 6.07) is 5.46. The van der Waals surface area contributed by atoms with E-state index in [1.807, 2.05) is 24.0 Å². The normalized spacial score (nSPS) is 22.6. The van der Waals surface area contributed by atoms with Gasteiger partial charge in [0.1, 0.15) is 11.6 Å². The molecule has 0 radical (unpaired) electrons. The predicted octanol–water partition coefficient (Wildman–Crippen LogP) is 1.81. The van der Waals surface area contributed by atoms with Gasteiger partial charge in [-0.3, -0.25) is 9.52 Å². The van der Waals surface area contributed by atoms with Gasteiger partial charge >= 0.3 is 0 Å². The standard InChI is InChI=1S/C17H24N4O3S/c1-2-5-15(22)21-9-4-6-12(10-21)11-24-14-8-3-7-13-16(14)17(18)20-25(23)19-13/h3,7-8,12,19H,2,4-6,9-11H2,1H3,(H2,18,20)/t12?,25-/m1/s1. The van der Waals surface area contributed by atoms with Crippen LogP contribution in [0, 0.1) is 5.92 Å². The lowest BCUT2D eigenvalue weighted by Crippen LogP contribution is -2.41. The molecule has 3 rings (SSSR count). The van der Waals surface area contributed by atoms with Crippen LogP contribution in [-0.4, -0.2) is 40.5 Å². The summed E-state index contributed by atoms with van der Waals surface area (Å²) in [5, 5.41) is 0. The molecule has 2 aliphatic heterocycles. The summed E-state index contributed by atoms with van der Waals surface area (Å²) in [6.07, 6.45) is 3.52. The molecule has 0 saturated carbocycles. The van der Waals surface area contributed by atoms with Gasteiger partial charge < -0.3 is 15.4 Å². The van der Waals surface area contributed by atoms with Gasteiger partial charge in [0.2, 0.25) is 17.1 Å². The number of hydrogen-bond acceptors (Lipinski definition) is 4. The number of amidine groups is 1. The topological polar surface area (TPSA) is 97.0 Å². The second-order valence-corrected chi connectivity index (χ2v) is 7.30. The van der Waals surface area contributed by atoms with E-state index < -0.39 is 11.2 Å². The van der Waals surface area contributed by atoms with Crippen molar-refractivity contribution >= 4 is 28.6 Å². The molecule has 2 aliphatic rings. The second-order valence-electron chi connectivity index (χ2n) is 6.42. The fraction of sp³-hybridized carbons (Fsp3) is 0.529. The number of anilines is 1. The van der Waals surface area contributed by atoms with Crippen molar-refractivity contribution in [2.45, 2.75) is 32.6 Å². The van der Waals surface area contributed by atoms with Crippen LogP contribution in [-0.2, 0) is 16.0 Å². The van der Waals surface area contributed by atoms with E-state index in [2.05, 4.69) is 9.12 Å². The van der Waals surface area contributed by atoms with Gasteiger partial charge in [0.25, 0.3) is 0 Å². The highest BCUT2D eigenvalue weighted by atomic mass is 32.2. The van der Waals surface area contributed by atoms with Gasteiger partial charge in [0.15, 0.2) is 0 Å². The summed E-state index contributed by atoms with van der Waals surface area (Å²) in [7, 11) is 0. The number of ether oxygens (including phenoxy) is 1. The van der Waals surface area contributed by atoms with Crippen LogP contribution in [0.2, 0.25) is 0 Å². The number of benzene rings is 1. The maximum atomic E-state index is 12.1. The molecule has 0 spiro atoms. The molecular formula is C17H24N4O3S.